The van der Waals surface area contributed by atoms with Gasteiger partial charge in [0.15, 0.2) is 16.6 Å². The standard InChI is InChI=1S/C25H29N3O4S/c1-30-21-7-4-17(5-8-21)6-9-24(29)27-25-26-20(16-33-25)15-28-11-10-18-12-22(31-2)23(32-3)13-19(18)14-28/h4-5,7-8,12-13,16H,6,9-11,14-15H2,1-3H3,(H,26,27,29). The number of carbonyl (C=O) groups is 1. The van der Waals surface area contributed by atoms with Crippen LogP contribution in [0.5, 0.6) is 17.2 Å². The van der Waals surface area contributed by atoms with Gasteiger partial charge in [0.25, 0.3) is 0 Å². The molecule has 0 unspecified atom stereocenters. The molecular weight excluding hydrogens is 438 g/mol. The van der Waals surface area contributed by atoms with Crippen LogP contribution < -0.4 is 19.5 Å². The van der Waals surface area contributed by atoms with Gasteiger partial charge in [-0.3, -0.25) is 9.69 Å². The molecule has 0 atom stereocenters. The van der Waals surface area contributed by atoms with Crippen LogP contribution in [-0.4, -0.2) is 43.7 Å². The van der Waals surface area contributed by atoms with Gasteiger partial charge in [0.2, 0.25) is 5.91 Å². The van der Waals surface area contributed by atoms with Crippen molar-refractivity contribution < 1.29 is 19.0 Å². The highest BCUT2D eigenvalue weighted by Gasteiger charge is 2.20. The minimum absolute atomic E-state index is 0.0281. The van der Waals surface area contributed by atoms with E-state index in [0.29, 0.717) is 18.0 Å². The van der Waals surface area contributed by atoms with E-state index in [2.05, 4.69) is 27.3 Å². The van der Waals surface area contributed by atoms with Crippen LogP contribution in [0, 0.1) is 0 Å². The normalized spacial score (nSPS) is 13.3. The summed E-state index contributed by atoms with van der Waals surface area (Å²) in [5.41, 5.74) is 4.62. The molecule has 33 heavy (non-hydrogen) atoms. The van der Waals surface area contributed by atoms with Crippen LogP contribution in [0.1, 0.15) is 28.8 Å². The Kier molecular flexibility index (Phi) is 7.47. The molecule has 3 aromatic rings. The summed E-state index contributed by atoms with van der Waals surface area (Å²) < 4.78 is 16.0. The molecule has 1 aliphatic heterocycles. The lowest BCUT2D eigenvalue weighted by Gasteiger charge is -2.29. The number of fused-ring (bicyclic) bond motifs is 1. The summed E-state index contributed by atoms with van der Waals surface area (Å²) in [6, 6.07) is 11.9. The minimum Gasteiger partial charge on any atom is -0.497 e. The zero-order valence-corrected chi connectivity index (χ0v) is 20.0. The van der Waals surface area contributed by atoms with Crippen molar-refractivity contribution in [3.8, 4) is 17.2 Å². The molecule has 8 heteroatoms. The first-order chi connectivity index (χ1) is 16.1. The molecular formula is C25H29N3O4S. The van der Waals surface area contributed by atoms with Gasteiger partial charge in [-0.05, 0) is 53.8 Å². The molecule has 174 valence electrons. The maximum absolute atomic E-state index is 12.4. The maximum Gasteiger partial charge on any atom is 0.226 e. The smallest absolute Gasteiger partial charge is 0.226 e. The van der Waals surface area contributed by atoms with Crippen LogP contribution in [0.3, 0.4) is 0 Å². The lowest BCUT2D eigenvalue weighted by atomic mass is 9.98. The monoisotopic (exact) mass is 467 g/mol. The Bertz CT molecular complexity index is 1100. The Morgan fingerprint density at radius 2 is 1.79 bits per heavy atom. The predicted molar refractivity (Wildman–Crippen MR) is 129 cm³/mol. The second kappa shape index (κ2) is 10.7. The Labute approximate surface area is 198 Å². The number of nitrogens with zero attached hydrogens (tertiary/aromatic N) is 2. The second-order valence-electron chi connectivity index (χ2n) is 7.98. The molecule has 1 aromatic heterocycles. The molecule has 1 aliphatic rings. The maximum atomic E-state index is 12.4. The summed E-state index contributed by atoms with van der Waals surface area (Å²) in [6.07, 6.45) is 2.04. The summed E-state index contributed by atoms with van der Waals surface area (Å²) >= 11 is 1.47. The van der Waals surface area contributed by atoms with Crippen LogP contribution in [-0.2, 0) is 30.7 Å². The fourth-order valence-electron chi connectivity index (χ4n) is 3.97. The molecule has 2 heterocycles. The molecule has 2 aromatic carbocycles. The van der Waals surface area contributed by atoms with Crippen molar-refractivity contribution >= 4 is 22.4 Å². The zero-order valence-electron chi connectivity index (χ0n) is 19.2. The number of methoxy groups -OCH3 is 3. The molecule has 0 bridgehead atoms. The molecule has 0 saturated carbocycles. The third-order valence-corrected chi connectivity index (χ3v) is 6.59. The van der Waals surface area contributed by atoms with Crippen molar-refractivity contribution in [2.75, 3.05) is 33.2 Å². The highest BCUT2D eigenvalue weighted by atomic mass is 32.1. The van der Waals surface area contributed by atoms with Gasteiger partial charge in [-0.2, -0.15) is 0 Å². The summed E-state index contributed by atoms with van der Waals surface area (Å²) in [6.45, 7) is 2.52. The molecule has 0 aliphatic carbocycles. The number of aromatic nitrogens is 1. The number of amides is 1. The molecule has 1 N–H and O–H groups in total. The number of ether oxygens (including phenoxy) is 3. The van der Waals surface area contributed by atoms with E-state index >= 15 is 0 Å². The van der Waals surface area contributed by atoms with Crippen molar-refractivity contribution in [3.05, 3.63) is 64.2 Å². The van der Waals surface area contributed by atoms with Crippen molar-refractivity contribution in [2.24, 2.45) is 0 Å². The number of hydrogen-bond donors (Lipinski definition) is 1. The third kappa shape index (κ3) is 5.83. The molecule has 0 fully saturated rings. The van der Waals surface area contributed by atoms with E-state index < -0.39 is 0 Å². The number of aryl methyl sites for hydroxylation is 1. The predicted octanol–water partition coefficient (Wildman–Crippen LogP) is 4.30. The lowest BCUT2D eigenvalue weighted by molar-refractivity contribution is -0.116. The fourth-order valence-corrected chi connectivity index (χ4v) is 4.69. The third-order valence-electron chi connectivity index (χ3n) is 5.78. The van der Waals surface area contributed by atoms with Crippen molar-refractivity contribution in [1.82, 2.24) is 9.88 Å². The molecule has 1 amide bonds. The fraction of sp³-hybridized carbons (Fsp3) is 0.360. The summed E-state index contributed by atoms with van der Waals surface area (Å²) in [7, 11) is 4.97. The van der Waals surface area contributed by atoms with Crippen molar-refractivity contribution in [3.63, 3.8) is 0 Å². The SMILES string of the molecule is COc1ccc(CCC(=O)Nc2nc(CN3CCc4cc(OC)c(OC)cc4C3)cs2)cc1. The van der Waals surface area contributed by atoms with E-state index in [1.54, 1.807) is 21.3 Å². The Morgan fingerprint density at radius 3 is 2.48 bits per heavy atom. The van der Waals surface area contributed by atoms with E-state index in [-0.39, 0.29) is 5.91 Å². The van der Waals surface area contributed by atoms with E-state index in [0.717, 1.165) is 54.6 Å². The van der Waals surface area contributed by atoms with E-state index in [1.165, 1.54) is 22.5 Å². The largest absolute Gasteiger partial charge is 0.497 e. The Balaban J connectivity index is 1.29. The number of anilines is 1. The first kappa shape index (κ1) is 23.1. The van der Waals surface area contributed by atoms with Crippen LogP contribution in [0.2, 0.25) is 0 Å². The van der Waals surface area contributed by atoms with Gasteiger partial charge in [-0.15, -0.1) is 11.3 Å². The number of hydrogen-bond acceptors (Lipinski definition) is 7. The van der Waals surface area contributed by atoms with Crippen LogP contribution >= 0.6 is 11.3 Å². The van der Waals surface area contributed by atoms with Gasteiger partial charge < -0.3 is 19.5 Å². The first-order valence-electron chi connectivity index (χ1n) is 10.9. The van der Waals surface area contributed by atoms with Gasteiger partial charge in [-0.25, -0.2) is 4.98 Å². The number of carbonyl (C=O) groups excluding carboxylic acids is 1. The number of rotatable bonds is 9. The van der Waals surface area contributed by atoms with Crippen molar-refractivity contribution in [1.29, 1.82) is 0 Å². The topological polar surface area (TPSA) is 72.9 Å². The van der Waals surface area contributed by atoms with Crippen LogP contribution in [0.25, 0.3) is 0 Å². The molecule has 0 radical (unpaired) electrons. The zero-order chi connectivity index (χ0) is 23.2. The van der Waals surface area contributed by atoms with E-state index in [9.17, 15) is 4.79 Å². The molecule has 4 rings (SSSR count). The number of thiazole rings is 1. The second-order valence-corrected chi connectivity index (χ2v) is 8.83. The number of nitrogens with one attached hydrogen (secondary N) is 1. The first-order valence-corrected chi connectivity index (χ1v) is 11.8. The van der Waals surface area contributed by atoms with Gasteiger partial charge >= 0.3 is 0 Å². The molecule has 7 nitrogen and oxygen atoms in total. The van der Waals surface area contributed by atoms with E-state index in [4.69, 9.17) is 14.2 Å². The van der Waals surface area contributed by atoms with Crippen molar-refractivity contribution in [2.45, 2.75) is 32.4 Å². The van der Waals surface area contributed by atoms with E-state index in [1.807, 2.05) is 29.6 Å². The summed E-state index contributed by atoms with van der Waals surface area (Å²) in [4.78, 5) is 19.3. The highest BCUT2D eigenvalue weighted by molar-refractivity contribution is 7.13. The van der Waals surface area contributed by atoms with Crippen LogP contribution in [0.15, 0.2) is 41.8 Å². The average Bonchev–Trinajstić information content (AvgIpc) is 3.28. The summed E-state index contributed by atoms with van der Waals surface area (Å²) in [5, 5.41) is 5.59. The van der Waals surface area contributed by atoms with Gasteiger partial charge in [0, 0.05) is 31.4 Å². The van der Waals surface area contributed by atoms with Gasteiger partial charge in [-0.1, -0.05) is 12.1 Å². The Hall–Kier alpha value is -3.10. The molecule has 0 spiro atoms. The van der Waals surface area contributed by atoms with Gasteiger partial charge in [0.05, 0.1) is 27.0 Å². The minimum atomic E-state index is -0.0281. The highest BCUT2D eigenvalue weighted by Crippen LogP contribution is 2.33. The molecule has 0 saturated heterocycles. The van der Waals surface area contributed by atoms with Gasteiger partial charge in [0.1, 0.15) is 5.75 Å². The Morgan fingerprint density at radius 1 is 1.06 bits per heavy atom. The lowest BCUT2D eigenvalue weighted by Crippen LogP contribution is -2.30. The number of benzene rings is 2. The average molecular weight is 468 g/mol. The van der Waals surface area contributed by atoms with Crippen LogP contribution in [0.4, 0.5) is 5.13 Å². The quantitative estimate of drug-likeness (QED) is 0.506. The summed E-state index contributed by atoms with van der Waals surface area (Å²) in [5.74, 6) is 2.32.